The number of hydrogen-bond donors (Lipinski definition) is 1. The summed E-state index contributed by atoms with van der Waals surface area (Å²) >= 11 is 0. The number of nitrogens with zero attached hydrogens (tertiary/aromatic N) is 2. The van der Waals surface area contributed by atoms with Crippen LogP contribution in [-0.2, 0) is 4.79 Å². The van der Waals surface area contributed by atoms with E-state index >= 15 is 0 Å². The molecule has 1 aromatic heterocycles. The number of hydrogen-bond acceptors (Lipinski definition) is 6. The second-order valence-electron chi connectivity index (χ2n) is 6.63. The Morgan fingerprint density at radius 2 is 1.82 bits per heavy atom. The highest BCUT2D eigenvalue weighted by molar-refractivity contribution is 5.79. The minimum Gasteiger partial charge on any atom is -0.508 e. The topological polar surface area (TPSA) is 83.2 Å². The second kappa shape index (κ2) is 7.64. The molecule has 0 spiro atoms. The number of fused-ring (bicyclic) bond motifs is 1. The summed E-state index contributed by atoms with van der Waals surface area (Å²) < 4.78 is 10.7. The predicted molar refractivity (Wildman–Crippen MR) is 105 cm³/mol. The normalized spacial score (nSPS) is 14.3. The van der Waals surface area contributed by atoms with Crippen LogP contribution in [0.3, 0.4) is 0 Å². The monoisotopic (exact) mass is 380 g/mol. The fraction of sp³-hybridized carbons (Fsp3) is 0.238. The third-order valence-electron chi connectivity index (χ3n) is 4.78. The lowest BCUT2D eigenvalue weighted by molar-refractivity contribution is -0.133. The highest BCUT2D eigenvalue weighted by Gasteiger charge is 2.21. The molecule has 4 rings (SSSR count). The van der Waals surface area contributed by atoms with Crippen molar-refractivity contribution >= 4 is 22.6 Å². The van der Waals surface area contributed by atoms with Gasteiger partial charge in [0, 0.05) is 55.5 Å². The second-order valence-corrected chi connectivity index (χ2v) is 6.63. The van der Waals surface area contributed by atoms with Gasteiger partial charge in [0.25, 0.3) is 5.91 Å². The van der Waals surface area contributed by atoms with E-state index in [0.717, 1.165) is 11.1 Å². The van der Waals surface area contributed by atoms with Gasteiger partial charge in [0.2, 0.25) is 0 Å². The molecule has 144 valence electrons. The Bertz CT molecular complexity index is 1050. The van der Waals surface area contributed by atoms with Gasteiger partial charge in [-0.2, -0.15) is 0 Å². The molecule has 0 aliphatic carbocycles. The highest BCUT2D eigenvalue weighted by Crippen LogP contribution is 2.22. The van der Waals surface area contributed by atoms with Crippen molar-refractivity contribution < 1.29 is 19.1 Å². The summed E-state index contributed by atoms with van der Waals surface area (Å²) in [5.74, 6) is 0.620. The zero-order valence-corrected chi connectivity index (χ0v) is 15.2. The Kier molecular flexibility index (Phi) is 4.89. The summed E-state index contributed by atoms with van der Waals surface area (Å²) in [6, 6.07) is 15.3. The van der Waals surface area contributed by atoms with E-state index in [-0.39, 0.29) is 18.3 Å². The molecule has 1 amide bonds. The lowest BCUT2D eigenvalue weighted by Gasteiger charge is -2.36. The lowest BCUT2D eigenvalue weighted by Crippen LogP contribution is -2.50. The number of carbonyl (C=O) groups excluding carboxylic acids is 1. The zero-order valence-electron chi connectivity index (χ0n) is 15.2. The van der Waals surface area contributed by atoms with Gasteiger partial charge in [-0.3, -0.25) is 4.79 Å². The molecule has 28 heavy (non-hydrogen) atoms. The van der Waals surface area contributed by atoms with E-state index < -0.39 is 5.63 Å². The summed E-state index contributed by atoms with van der Waals surface area (Å²) in [7, 11) is 0. The maximum atomic E-state index is 12.5. The minimum absolute atomic E-state index is 0.0747. The van der Waals surface area contributed by atoms with Gasteiger partial charge in [-0.25, -0.2) is 4.79 Å². The first-order valence-corrected chi connectivity index (χ1v) is 9.07. The number of phenols is 1. The summed E-state index contributed by atoms with van der Waals surface area (Å²) in [6.07, 6.45) is 0. The fourth-order valence-corrected chi connectivity index (χ4v) is 3.27. The number of piperazine rings is 1. The quantitative estimate of drug-likeness (QED) is 0.699. The summed E-state index contributed by atoms with van der Waals surface area (Å²) in [5.41, 5.74) is 0.948. The molecule has 1 fully saturated rings. The van der Waals surface area contributed by atoms with Gasteiger partial charge in [-0.1, -0.05) is 6.07 Å². The Balaban J connectivity index is 1.33. The van der Waals surface area contributed by atoms with Crippen LogP contribution in [0.25, 0.3) is 11.0 Å². The van der Waals surface area contributed by atoms with Crippen LogP contribution in [0.15, 0.2) is 63.8 Å². The number of amides is 1. The molecule has 7 heteroatoms. The van der Waals surface area contributed by atoms with Crippen molar-refractivity contribution in [2.45, 2.75) is 0 Å². The van der Waals surface area contributed by atoms with E-state index in [1.165, 1.54) is 6.07 Å². The van der Waals surface area contributed by atoms with Crippen LogP contribution < -0.4 is 15.3 Å². The van der Waals surface area contributed by atoms with Gasteiger partial charge in [0.05, 0.1) is 0 Å². The van der Waals surface area contributed by atoms with Crippen LogP contribution in [0.2, 0.25) is 0 Å². The van der Waals surface area contributed by atoms with Crippen molar-refractivity contribution in [3.8, 4) is 11.5 Å². The standard InChI is InChI=1S/C21H20N2O5/c24-17-3-1-2-16(12-17)22-8-10-23(11-9-22)20(25)14-27-18-6-4-15-5-7-21(26)28-19(15)13-18/h1-7,12-13,24H,8-11,14H2. The molecule has 1 aliphatic rings. The van der Waals surface area contributed by atoms with E-state index in [2.05, 4.69) is 4.90 Å². The first-order valence-electron chi connectivity index (χ1n) is 9.07. The van der Waals surface area contributed by atoms with E-state index in [0.29, 0.717) is 37.5 Å². The van der Waals surface area contributed by atoms with Crippen molar-refractivity contribution in [3.05, 3.63) is 65.0 Å². The molecule has 1 N–H and O–H groups in total. The number of benzene rings is 2. The first kappa shape index (κ1) is 17.9. The molecule has 0 bridgehead atoms. The molecule has 3 aromatic rings. The van der Waals surface area contributed by atoms with E-state index in [9.17, 15) is 14.7 Å². The van der Waals surface area contributed by atoms with Crippen LogP contribution >= 0.6 is 0 Å². The molecule has 7 nitrogen and oxygen atoms in total. The Morgan fingerprint density at radius 3 is 2.61 bits per heavy atom. The SMILES string of the molecule is O=C(COc1ccc2ccc(=O)oc2c1)N1CCN(c2cccc(O)c2)CC1. The number of anilines is 1. The Hall–Kier alpha value is -3.48. The maximum Gasteiger partial charge on any atom is 0.336 e. The molecular formula is C21H20N2O5. The number of carbonyl (C=O) groups is 1. The maximum absolute atomic E-state index is 12.5. The van der Waals surface area contributed by atoms with Crippen LogP contribution in [0.1, 0.15) is 0 Å². The third-order valence-corrected chi connectivity index (χ3v) is 4.78. The molecular weight excluding hydrogens is 360 g/mol. The Morgan fingerprint density at radius 1 is 1.04 bits per heavy atom. The average Bonchev–Trinajstić information content (AvgIpc) is 2.72. The van der Waals surface area contributed by atoms with E-state index in [1.807, 2.05) is 12.1 Å². The molecule has 1 saturated heterocycles. The van der Waals surface area contributed by atoms with Crippen molar-refractivity contribution in [3.63, 3.8) is 0 Å². The average molecular weight is 380 g/mol. The number of aromatic hydroxyl groups is 1. The minimum atomic E-state index is -0.426. The highest BCUT2D eigenvalue weighted by atomic mass is 16.5. The van der Waals surface area contributed by atoms with Crippen LogP contribution in [0.4, 0.5) is 5.69 Å². The van der Waals surface area contributed by atoms with Crippen molar-refractivity contribution in [1.29, 1.82) is 0 Å². The smallest absolute Gasteiger partial charge is 0.336 e. The predicted octanol–water partition coefficient (Wildman–Crippen LogP) is 2.23. The fourth-order valence-electron chi connectivity index (χ4n) is 3.27. The third kappa shape index (κ3) is 3.93. The van der Waals surface area contributed by atoms with Gasteiger partial charge in [-0.15, -0.1) is 0 Å². The summed E-state index contributed by atoms with van der Waals surface area (Å²) in [6.45, 7) is 2.48. The zero-order chi connectivity index (χ0) is 19.5. The number of phenolic OH excluding ortho intramolecular Hbond substituents is 1. The molecule has 2 heterocycles. The molecule has 1 aliphatic heterocycles. The van der Waals surface area contributed by atoms with Crippen molar-refractivity contribution in [2.24, 2.45) is 0 Å². The van der Waals surface area contributed by atoms with Crippen molar-refractivity contribution in [2.75, 3.05) is 37.7 Å². The van der Waals surface area contributed by atoms with Crippen LogP contribution in [0.5, 0.6) is 11.5 Å². The summed E-state index contributed by atoms with van der Waals surface area (Å²) in [4.78, 5) is 27.7. The largest absolute Gasteiger partial charge is 0.508 e. The Labute approximate surface area is 161 Å². The van der Waals surface area contributed by atoms with Gasteiger partial charge in [0.1, 0.15) is 17.1 Å². The van der Waals surface area contributed by atoms with Gasteiger partial charge >= 0.3 is 5.63 Å². The number of ether oxygens (including phenoxy) is 1. The van der Waals surface area contributed by atoms with E-state index in [4.69, 9.17) is 9.15 Å². The van der Waals surface area contributed by atoms with Crippen LogP contribution in [-0.4, -0.2) is 48.7 Å². The van der Waals surface area contributed by atoms with Gasteiger partial charge in [-0.05, 0) is 30.3 Å². The molecule has 2 aromatic carbocycles. The van der Waals surface area contributed by atoms with E-state index in [1.54, 1.807) is 41.3 Å². The van der Waals surface area contributed by atoms with Crippen molar-refractivity contribution in [1.82, 2.24) is 4.90 Å². The molecule has 0 saturated carbocycles. The molecule has 0 radical (unpaired) electrons. The van der Waals surface area contributed by atoms with Gasteiger partial charge < -0.3 is 24.1 Å². The molecule has 0 unspecified atom stereocenters. The first-order chi connectivity index (χ1) is 13.6. The summed E-state index contributed by atoms with van der Waals surface area (Å²) in [5, 5.41) is 10.4. The molecule has 0 atom stereocenters. The van der Waals surface area contributed by atoms with Gasteiger partial charge in [0.15, 0.2) is 6.61 Å². The lowest BCUT2D eigenvalue weighted by atomic mass is 10.2. The van der Waals surface area contributed by atoms with Crippen LogP contribution in [0, 0.1) is 0 Å². The number of rotatable bonds is 4.